The number of hydrogen-bond acceptors (Lipinski definition) is 5. The quantitative estimate of drug-likeness (QED) is 0.488. The number of benzene rings is 2. The number of nitrogens with zero attached hydrogens (tertiary/aromatic N) is 4. The van der Waals surface area contributed by atoms with Gasteiger partial charge in [-0.05, 0) is 38.3 Å². The Labute approximate surface area is 164 Å². The van der Waals surface area contributed by atoms with Gasteiger partial charge in [0, 0.05) is 23.7 Å². The number of fused-ring (bicyclic) bond motifs is 1. The molecule has 1 saturated heterocycles. The fraction of sp³-hybridized carbons (Fsp3) is 0.261. The molecular formula is C23H22N4O. The molecule has 0 amide bonds. The van der Waals surface area contributed by atoms with Crippen molar-refractivity contribution in [2.75, 3.05) is 11.4 Å². The number of anilines is 1. The molecule has 140 valence electrons. The zero-order chi connectivity index (χ0) is 18.9. The number of piperidine rings is 1. The van der Waals surface area contributed by atoms with Crippen LogP contribution in [0.5, 0.6) is 0 Å². The molecule has 0 spiro atoms. The van der Waals surface area contributed by atoms with Crippen molar-refractivity contribution in [2.24, 2.45) is 0 Å². The Morgan fingerprint density at radius 2 is 1.57 bits per heavy atom. The number of hydrogen-bond donors (Lipinski definition) is 0. The summed E-state index contributed by atoms with van der Waals surface area (Å²) in [5, 5.41) is 0. The van der Waals surface area contributed by atoms with Crippen molar-refractivity contribution < 1.29 is 4.42 Å². The van der Waals surface area contributed by atoms with Gasteiger partial charge in [0.1, 0.15) is 0 Å². The van der Waals surface area contributed by atoms with Gasteiger partial charge in [-0.25, -0.2) is 9.97 Å². The molecular weight excluding hydrogens is 348 g/mol. The SMILES string of the molecule is C[C@H]1CCCCN1c1nc(-c2ccccc2)nc2nc(-c3ccccc3)oc12. The molecule has 28 heavy (non-hydrogen) atoms. The maximum absolute atomic E-state index is 6.20. The van der Waals surface area contributed by atoms with Crippen LogP contribution in [0.25, 0.3) is 34.1 Å². The van der Waals surface area contributed by atoms with E-state index in [0.717, 1.165) is 36.3 Å². The van der Waals surface area contributed by atoms with Gasteiger partial charge in [0.15, 0.2) is 11.6 Å². The highest BCUT2D eigenvalue weighted by Gasteiger charge is 2.26. The lowest BCUT2D eigenvalue weighted by molar-refractivity contribution is 0.479. The Morgan fingerprint density at radius 3 is 2.29 bits per heavy atom. The molecule has 1 aliphatic rings. The molecule has 0 saturated carbocycles. The number of aromatic nitrogens is 3. The van der Waals surface area contributed by atoms with E-state index in [0.29, 0.717) is 29.0 Å². The second-order valence-electron chi connectivity index (χ2n) is 7.31. The summed E-state index contributed by atoms with van der Waals surface area (Å²) in [7, 11) is 0. The fourth-order valence-electron chi connectivity index (χ4n) is 3.84. The molecule has 4 aromatic rings. The first-order valence-electron chi connectivity index (χ1n) is 9.85. The molecule has 0 N–H and O–H groups in total. The van der Waals surface area contributed by atoms with Crippen LogP contribution in [-0.2, 0) is 0 Å². The Hall–Kier alpha value is -3.21. The van der Waals surface area contributed by atoms with Gasteiger partial charge in [0.25, 0.3) is 0 Å². The molecule has 2 aromatic carbocycles. The van der Waals surface area contributed by atoms with Crippen LogP contribution in [0, 0.1) is 0 Å². The molecule has 0 radical (unpaired) electrons. The Morgan fingerprint density at radius 1 is 0.857 bits per heavy atom. The van der Waals surface area contributed by atoms with Gasteiger partial charge in [0.2, 0.25) is 17.1 Å². The van der Waals surface area contributed by atoms with Gasteiger partial charge in [-0.3, -0.25) is 0 Å². The van der Waals surface area contributed by atoms with E-state index in [4.69, 9.17) is 19.4 Å². The Bertz CT molecular complexity index is 1090. The van der Waals surface area contributed by atoms with Crippen LogP contribution < -0.4 is 4.90 Å². The monoisotopic (exact) mass is 370 g/mol. The highest BCUT2D eigenvalue weighted by molar-refractivity contribution is 5.85. The van der Waals surface area contributed by atoms with Crippen molar-refractivity contribution in [2.45, 2.75) is 32.2 Å². The van der Waals surface area contributed by atoms with Crippen molar-refractivity contribution in [1.29, 1.82) is 0 Å². The summed E-state index contributed by atoms with van der Waals surface area (Å²) in [4.78, 5) is 16.7. The summed E-state index contributed by atoms with van der Waals surface area (Å²) in [5.74, 6) is 2.13. The largest absolute Gasteiger partial charge is 0.430 e. The summed E-state index contributed by atoms with van der Waals surface area (Å²) in [6, 6.07) is 20.4. The van der Waals surface area contributed by atoms with Crippen LogP contribution in [0.15, 0.2) is 65.1 Å². The molecule has 5 rings (SSSR count). The first-order chi connectivity index (χ1) is 13.8. The maximum Gasteiger partial charge on any atom is 0.229 e. The molecule has 3 heterocycles. The first-order valence-corrected chi connectivity index (χ1v) is 9.85. The molecule has 1 aliphatic heterocycles. The normalized spacial score (nSPS) is 17.2. The van der Waals surface area contributed by atoms with Crippen LogP contribution >= 0.6 is 0 Å². The topological polar surface area (TPSA) is 55.1 Å². The number of rotatable bonds is 3. The van der Waals surface area contributed by atoms with Gasteiger partial charge in [-0.2, -0.15) is 4.98 Å². The third-order valence-electron chi connectivity index (χ3n) is 5.36. The van der Waals surface area contributed by atoms with Crippen LogP contribution in [0.4, 0.5) is 5.82 Å². The van der Waals surface area contributed by atoms with Gasteiger partial charge >= 0.3 is 0 Å². The second-order valence-corrected chi connectivity index (χ2v) is 7.31. The van der Waals surface area contributed by atoms with Crippen LogP contribution in [0.3, 0.4) is 0 Å². The lowest BCUT2D eigenvalue weighted by Gasteiger charge is -2.34. The van der Waals surface area contributed by atoms with Crippen LogP contribution in [0.2, 0.25) is 0 Å². The van der Waals surface area contributed by atoms with Gasteiger partial charge in [-0.1, -0.05) is 48.5 Å². The van der Waals surface area contributed by atoms with E-state index >= 15 is 0 Å². The second kappa shape index (κ2) is 7.08. The summed E-state index contributed by atoms with van der Waals surface area (Å²) in [5.41, 5.74) is 3.21. The Kier molecular flexibility index (Phi) is 4.28. The van der Waals surface area contributed by atoms with E-state index in [-0.39, 0.29) is 0 Å². The van der Waals surface area contributed by atoms with E-state index in [1.807, 2.05) is 60.7 Å². The molecule has 5 nitrogen and oxygen atoms in total. The zero-order valence-corrected chi connectivity index (χ0v) is 15.9. The molecule has 1 fully saturated rings. The van der Waals surface area contributed by atoms with Gasteiger partial charge in [-0.15, -0.1) is 0 Å². The minimum absolute atomic E-state index is 0.417. The van der Waals surface area contributed by atoms with Crippen molar-refractivity contribution in [3.8, 4) is 22.8 Å². The zero-order valence-electron chi connectivity index (χ0n) is 15.9. The predicted molar refractivity (Wildman–Crippen MR) is 111 cm³/mol. The van der Waals surface area contributed by atoms with Crippen LogP contribution in [-0.4, -0.2) is 27.5 Å². The summed E-state index contributed by atoms with van der Waals surface area (Å²) >= 11 is 0. The molecule has 0 aliphatic carbocycles. The lowest BCUT2D eigenvalue weighted by Crippen LogP contribution is -2.38. The fourth-order valence-corrected chi connectivity index (χ4v) is 3.84. The molecule has 5 heteroatoms. The lowest BCUT2D eigenvalue weighted by atomic mass is 10.0. The summed E-state index contributed by atoms with van der Waals surface area (Å²) in [6.45, 7) is 3.23. The minimum atomic E-state index is 0.417. The van der Waals surface area contributed by atoms with Crippen molar-refractivity contribution in [3.05, 3.63) is 60.7 Å². The standard InChI is InChI=1S/C23H22N4O/c1-16-10-8-9-15-27(16)22-19-21(24-20(25-22)17-11-4-2-5-12-17)26-23(28-19)18-13-6-3-7-14-18/h2-7,11-14,16H,8-10,15H2,1H3/t16-/m0/s1. The average molecular weight is 370 g/mol. The highest BCUT2D eigenvalue weighted by atomic mass is 16.4. The first kappa shape index (κ1) is 16.9. The van der Waals surface area contributed by atoms with E-state index < -0.39 is 0 Å². The molecule has 0 bridgehead atoms. The molecule has 1 atom stereocenters. The van der Waals surface area contributed by atoms with Gasteiger partial charge < -0.3 is 9.32 Å². The summed E-state index contributed by atoms with van der Waals surface area (Å²) in [6.07, 6.45) is 3.57. The smallest absolute Gasteiger partial charge is 0.229 e. The minimum Gasteiger partial charge on any atom is -0.430 e. The maximum atomic E-state index is 6.20. The van der Waals surface area contributed by atoms with Crippen molar-refractivity contribution in [1.82, 2.24) is 15.0 Å². The third kappa shape index (κ3) is 3.03. The van der Waals surface area contributed by atoms with E-state index in [2.05, 4.69) is 11.8 Å². The van der Waals surface area contributed by atoms with E-state index in [1.54, 1.807) is 0 Å². The predicted octanol–water partition coefficient (Wildman–Crippen LogP) is 5.33. The van der Waals surface area contributed by atoms with Crippen molar-refractivity contribution >= 4 is 17.0 Å². The van der Waals surface area contributed by atoms with Gasteiger partial charge in [0.05, 0.1) is 0 Å². The van der Waals surface area contributed by atoms with Crippen LogP contribution in [0.1, 0.15) is 26.2 Å². The third-order valence-corrected chi connectivity index (χ3v) is 5.36. The van der Waals surface area contributed by atoms with E-state index in [9.17, 15) is 0 Å². The number of oxazole rings is 1. The summed E-state index contributed by atoms with van der Waals surface area (Å²) < 4.78 is 6.20. The molecule has 0 unspecified atom stereocenters. The highest BCUT2D eigenvalue weighted by Crippen LogP contribution is 2.34. The molecule has 2 aromatic heterocycles. The Balaban J connectivity index is 1.71. The average Bonchev–Trinajstić information content (AvgIpc) is 3.19. The van der Waals surface area contributed by atoms with Crippen molar-refractivity contribution in [3.63, 3.8) is 0 Å². The van der Waals surface area contributed by atoms with E-state index in [1.165, 1.54) is 6.42 Å².